The van der Waals surface area contributed by atoms with Gasteiger partial charge in [-0.1, -0.05) is 25.1 Å². The zero-order chi connectivity index (χ0) is 13.8. The van der Waals surface area contributed by atoms with Crippen LogP contribution in [0.4, 0.5) is 0 Å². The summed E-state index contributed by atoms with van der Waals surface area (Å²) in [6.07, 6.45) is 0.679. The predicted octanol–water partition coefficient (Wildman–Crippen LogP) is 1.33. The summed E-state index contributed by atoms with van der Waals surface area (Å²) in [6, 6.07) is 6.82. The Morgan fingerprint density at radius 1 is 1.39 bits per heavy atom. The fraction of sp³-hybridized carbons (Fsp3) is 0.417. The molecule has 0 fully saturated rings. The number of rotatable bonds is 6. The highest BCUT2D eigenvalue weighted by atomic mass is 32.2. The molecule has 0 atom stereocenters. The van der Waals surface area contributed by atoms with E-state index in [0.29, 0.717) is 18.5 Å². The minimum atomic E-state index is -3.58. The normalized spacial score (nSPS) is 11.7. The Kier molecular flexibility index (Phi) is 4.86. The highest BCUT2D eigenvalue weighted by molar-refractivity contribution is 7.89. The molecule has 0 saturated carbocycles. The third kappa shape index (κ3) is 3.30. The molecule has 18 heavy (non-hydrogen) atoms. The molecule has 0 heterocycles. The van der Waals surface area contributed by atoms with Crippen LogP contribution in [0.25, 0.3) is 0 Å². The number of amidine groups is 1. The molecule has 0 bridgehead atoms. The minimum Gasteiger partial charge on any atom is -0.387 e. The van der Waals surface area contributed by atoms with Crippen LogP contribution in [0.3, 0.4) is 0 Å². The van der Waals surface area contributed by atoms with E-state index in [0.717, 1.165) is 0 Å². The predicted molar refractivity (Wildman–Crippen MR) is 72.1 cm³/mol. The van der Waals surface area contributed by atoms with Gasteiger partial charge in [0.15, 0.2) is 0 Å². The van der Waals surface area contributed by atoms with Crippen molar-refractivity contribution in [1.82, 2.24) is 4.31 Å². The maximum absolute atomic E-state index is 12.5. The van der Waals surface area contributed by atoms with Crippen molar-refractivity contribution in [2.24, 2.45) is 5.73 Å². The van der Waals surface area contributed by atoms with Crippen molar-refractivity contribution in [3.8, 4) is 0 Å². The fourth-order valence-corrected chi connectivity index (χ4v) is 3.44. The van der Waals surface area contributed by atoms with Gasteiger partial charge in [0.2, 0.25) is 10.0 Å². The molecule has 0 radical (unpaired) electrons. The Morgan fingerprint density at radius 3 is 2.50 bits per heavy atom. The van der Waals surface area contributed by atoms with Gasteiger partial charge in [-0.05, 0) is 25.0 Å². The van der Waals surface area contributed by atoms with E-state index in [-0.39, 0.29) is 17.3 Å². The monoisotopic (exact) mass is 269 g/mol. The lowest BCUT2D eigenvalue weighted by atomic mass is 10.2. The molecule has 0 aliphatic carbocycles. The standard InChI is InChI=1S/C12H19N3O2S/c1-3-8-15(9-12(13)14)18(16,17)11-7-5-4-6-10(11)2/h4-7H,3,8-9H2,1-2H3,(H3,13,14). The smallest absolute Gasteiger partial charge is 0.243 e. The number of hydrogen-bond acceptors (Lipinski definition) is 3. The summed E-state index contributed by atoms with van der Waals surface area (Å²) in [5.74, 6) is -0.152. The van der Waals surface area contributed by atoms with Crippen LogP contribution in [0.15, 0.2) is 29.2 Å². The third-order valence-corrected chi connectivity index (χ3v) is 4.54. The summed E-state index contributed by atoms with van der Waals surface area (Å²) in [6.45, 7) is 3.94. The minimum absolute atomic E-state index is 0.0650. The number of aryl methyl sites for hydroxylation is 1. The number of nitrogens with one attached hydrogen (secondary N) is 1. The van der Waals surface area contributed by atoms with E-state index in [4.69, 9.17) is 11.1 Å². The second kappa shape index (κ2) is 5.97. The molecular weight excluding hydrogens is 250 g/mol. The van der Waals surface area contributed by atoms with Gasteiger partial charge in [0.1, 0.15) is 5.84 Å². The van der Waals surface area contributed by atoms with Crippen LogP contribution in [-0.2, 0) is 10.0 Å². The van der Waals surface area contributed by atoms with Crippen LogP contribution in [-0.4, -0.2) is 31.6 Å². The highest BCUT2D eigenvalue weighted by Crippen LogP contribution is 2.19. The number of nitrogens with zero attached hydrogens (tertiary/aromatic N) is 1. The van der Waals surface area contributed by atoms with Crippen molar-refractivity contribution >= 4 is 15.9 Å². The summed E-state index contributed by atoms with van der Waals surface area (Å²) in [5.41, 5.74) is 6.01. The van der Waals surface area contributed by atoms with Crippen LogP contribution < -0.4 is 5.73 Å². The molecule has 0 saturated heterocycles. The lowest BCUT2D eigenvalue weighted by molar-refractivity contribution is 0.447. The second-order valence-electron chi connectivity index (χ2n) is 4.13. The van der Waals surface area contributed by atoms with Crippen molar-refractivity contribution in [2.45, 2.75) is 25.2 Å². The molecule has 0 unspecified atom stereocenters. The van der Waals surface area contributed by atoms with Crippen LogP contribution in [0.1, 0.15) is 18.9 Å². The van der Waals surface area contributed by atoms with E-state index in [1.807, 2.05) is 6.92 Å². The lowest BCUT2D eigenvalue weighted by Crippen LogP contribution is -2.38. The van der Waals surface area contributed by atoms with E-state index in [1.54, 1.807) is 31.2 Å². The van der Waals surface area contributed by atoms with Crippen molar-refractivity contribution in [3.63, 3.8) is 0 Å². The van der Waals surface area contributed by atoms with Crippen LogP contribution >= 0.6 is 0 Å². The van der Waals surface area contributed by atoms with Crippen molar-refractivity contribution in [1.29, 1.82) is 5.41 Å². The first-order valence-electron chi connectivity index (χ1n) is 5.78. The molecular formula is C12H19N3O2S. The number of hydrogen-bond donors (Lipinski definition) is 2. The van der Waals surface area contributed by atoms with E-state index >= 15 is 0 Å². The van der Waals surface area contributed by atoms with Crippen LogP contribution in [0.5, 0.6) is 0 Å². The maximum Gasteiger partial charge on any atom is 0.243 e. The number of benzene rings is 1. The summed E-state index contributed by atoms with van der Waals surface area (Å²) < 4.78 is 26.2. The van der Waals surface area contributed by atoms with Gasteiger partial charge < -0.3 is 5.73 Å². The summed E-state index contributed by atoms with van der Waals surface area (Å²) in [4.78, 5) is 0.278. The molecule has 3 N–H and O–H groups in total. The molecule has 5 nitrogen and oxygen atoms in total. The molecule has 0 aliphatic heterocycles. The molecule has 1 rings (SSSR count). The van der Waals surface area contributed by atoms with Gasteiger partial charge in [-0.25, -0.2) is 8.42 Å². The Hall–Kier alpha value is -1.40. The second-order valence-corrected chi connectivity index (χ2v) is 6.04. The molecule has 0 aromatic heterocycles. The largest absolute Gasteiger partial charge is 0.387 e. The average Bonchev–Trinajstić information content (AvgIpc) is 2.28. The van der Waals surface area contributed by atoms with Crippen LogP contribution in [0, 0.1) is 12.3 Å². The first-order chi connectivity index (χ1) is 8.39. The maximum atomic E-state index is 12.5. The topological polar surface area (TPSA) is 87.2 Å². The molecule has 100 valence electrons. The number of nitrogens with two attached hydrogens (primary N) is 1. The van der Waals surface area contributed by atoms with Crippen molar-refractivity contribution in [2.75, 3.05) is 13.1 Å². The van der Waals surface area contributed by atoms with E-state index in [2.05, 4.69) is 0 Å². The zero-order valence-corrected chi connectivity index (χ0v) is 11.5. The number of sulfonamides is 1. The first kappa shape index (κ1) is 14.7. The summed E-state index contributed by atoms with van der Waals surface area (Å²) in [7, 11) is -3.58. The van der Waals surface area contributed by atoms with Crippen molar-refractivity contribution < 1.29 is 8.42 Å². The van der Waals surface area contributed by atoms with Crippen molar-refractivity contribution in [3.05, 3.63) is 29.8 Å². The van der Waals surface area contributed by atoms with Gasteiger partial charge in [-0.15, -0.1) is 0 Å². The molecule has 6 heteroatoms. The summed E-state index contributed by atoms with van der Waals surface area (Å²) in [5, 5.41) is 7.27. The Balaban J connectivity index is 3.17. The van der Waals surface area contributed by atoms with E-state index in [1.165, 1.54) is 4.31 Å². The Bertz CT molecular complexity index is 526. The summed E-state index contributed by atoms with van der Waals surface area (Å²) >= 11 is 0. The third-order valence-electron chi connectivity index (χ3n) is 2.53. The van der Waals surface area contributed by atoms with Gasteiger partial charge in [-0.3, -0.25) is 5.41 Å². The molecule has 1 aromatic rings. The van der Waals surface area contributed by atoms with Gasteiger partial charge in [0, 0.05) is 6.54 Å². The fourth-order valence-electron chi connectivity index (χ4n) is 1.71. The average molecular weight is 269 g/mol. The highest BCUT2D eigenvalue weighted by Gasteiger charge is 2.25. The molecule has 0 aliphatic rings. The Labute approximate surface area is 108 Å². The molecule has 1 aromatic carbocycles. The van der Waals surface area contributed by atoms with Gasteiger partial charge in [-0.2, -0.15) is 4.31 Å². The zero-order valence-electron chi connectivity index (χ0n) is 10.7. The Morgan fingerprint density at radius 2 is 2.00 bits per heavy atom. The van der Waals surface area contributed by atoms with E-state index in [9.17, 15) is 8.42 Å². The van der Waals surface area contributed by atoms with Gasteiger partial charge >= 0.3 is 0 Å². The van der Waals surface area contributed by atoms with Gasteiger partial charge in [0.25, 0.3) is 0 Å². The quantitative estimate of drug-likeness (QED) is 0.603. The molecule has 0 spiro atoms. The lowest BCUT2D eigenvalue weighted by Gasteiger charge is -2.21. The van der Waals surface area contributed by atoms with Gasteiger partial charge in [0.05, 0.1) is 11.4 Å². The van der Waals surface area contributed by atoms with Crippen LogP contribution in [0.2, 0.25) is 0 Å². The van der Waals surface area contributed by atoms with E-state index < -0.39 is 10.0 Å². The first-order valence-corrected chi connectivity index (χ1v) is 7.22. The SMILES string of the molecule is CCCN(CC(=N)N)S(=O)(=O)c1ccccc1C. The molecule has 0 amide bonds.